The molecule has 0 radical (unpaired) electrons. The van der Waals surface area contributed by atoms with Crippen molar-refractivity contribution in [1.29, 1.82) is 0 Å². The van der Waals surface area contributed by atoms with Crippen molar-refractivity contribution in [2.45, 2.75) is 318 Å². The molecular weight excluding hydrogens is 1610 g/mol. The summed E-state index contributed by atoms with van der Waals surface area (Å²) in [5.41, 5.74) is 0. The quantitative estimate of drug-likeness (QED) is 0.0306. The largest absolute Gasteiger partial charge is 0.394 e. The first-order valence-electron chi connectivity index (χ1n) is 37.6. The molecule has 9 saturated heterocycles. The number of amides is 6. The van der Waals surface area contributed by atoms with Gasteiger partial charge in [-0.2, -0.15) is 0 Å². The molecule has 680 valence electrons. The topological polar surface area (TPSA) is 797 Å². The van der Waals surface area contributed by atoms with E-state index >= 15 is 0 Å². The maximum atomic E-state index is 13.1. The first-order chi connectivity index (χ1) is 55.7. The maximum Gasteiger partial charge on any atom is 0.217 e. The molecule has 29 N–H and O–H groups in total. The lowest BCUT2D eigenvalue weighted by Crippen LogP contribution is -2.71. The van der Waals surface area contributed by atoms with E-state index in [4.69, 9.17) is 80.5 Å². The molecule has 9 fully saturated rings. The molecule has 9 aliphatic rings. The summed E-state index contributed by atoms with van der Waals surface area (Å²) in [6.07, 6.45) is -81.9. The Balaban J connectivity index is 1.13. The third-order valence-corrected chi connectivity index (χ3v) is 21.1. The average molecular weight is 1720 g/mol. The Morgan fingerprint density at radius 1 is 0.220 bits per heavy atom. The van der Waals surface area contributed by atoms with Crippen LogP contribution < -0.4 is 31.9 Å². The fourth-order valence-electron chi connectivity index (χ4n) is 15.1. The lowest BCUT2D eigenvalue weighted by molar-refractivity contribution is -0.398. The maximum absolute atomic E-state index is 13.1. The number of aliphatic hydroxyl groups excluding tert-OH is 23. The molecule has 52 heteroatoms. The summed E-state index contributed by atoms with van der Waals surface area (Å²) in [6, 6.07) is -10.7. The zero-order chi connectivity index (χ0) is 87.1. The fourth-order valence-corrected chi connectivity index (χ4v) is 15.1. The summed E-state index contributed by atoms with van der Waals surface area (Å²) in [5, 5.41) is 274. The van der Waals surface area contributed by atoms with Gasteiger partial charge in [-0.25, -0.2) is 0 Å². The summed E-state index contributed by atoms with van der Waals surface area (Å²) >= 11 is 0. The molecule has 0 aromatic carbocycles. The van der Waals surface area contributed by atoms with Crippen LogP contribution in [0, 0.1) is 0 Å². The first kappa shape index (κ1) is 97.0. The third-order valence-electron chi connectivity index (χ3n) is 21.1. The van der Waals surface area contributed by atoms with E-state index in [1.165, 1.54) is 0 Å². The highest BCUT2D eigenvalue weighted by Gasteiger charge is 2.61. The number of carbonyl (C=O) groups excluding carboxylic acids is 6. The average Bonchev–Trinajstić information content (AvgIpc) is 0.766. The summed E-state index contributed by atoms with van der Waals surface area (Å²) in [7, 11) is 0. The Hall–Kier alpha value is -4.78. The number of hydrogen-bond donors (Lipinski definition) is 29. The van der Waals surface area contributed by atoms with E-state index in [-0.39, 0.29) is 0 Å². The van der Waals surface area contributed by atoms with Gasteiger partial charge in [-0.3, -0.25) is 28.8 Å². The molecule has 0 aliphatic carbocycles. The molecule has 0 aromatic rings. The van der Waals surface area contributed by atoms with Crippen molar-refractivity contribution < 1.29 is 227 Å². The Morgan fingerprint density at radius 2 is 0.458 bits per heavy atom. The molecule has 0 bridgehead atoms. The van der Waals surface area contributed by atoms with Gasteiger partial charge in [0.1, 0.15) is 219 Å². The van der Waals surface area contributed by atoms with Gasteiger partial charge in [0.25, 0.3) is 0 Å². The molecule has 0 aromatic heterocycles. The molecule has 9 rings (SSSR count). The normalized spacial score (nSPS) is 46.9. The Bertz CT molecular complexity index is 3230. The zero-order valence-electron chi connectivity index (χ0n) is 64.0. The van der Waals surface area contributed by atoms with Crippen molar-refractivity contribution in [1.82, 2.24) is 31.9 Å². The molecule has 9 heterocycles. The number of aliphatic hydroxyl groups is 23. The predicted octanol–water partition coefficient (Wildman–Crippen LogP) is -19.8. The molecule has 52 nitrogen and oxygen atoms in total. The number of carbonyl (C=O) groups is 6. The van der Waals surface area contributed by atoms with Crippen LogP contribution in [0.4, 0.5) is 0 Å². The van der Waals surface area contributed by atoms with Gasteiger partial charge in [0.15, 0.2) is 56.6 Å². The van der Waals surface area contributed by atoms with E-state index < -0.39 is 371 Å². The van der Waals surface area contributed by atoms with Crippen LogP contribution in [-0.2, 0) is 109 Å². The first-order valence-corrected chi connectivity index (χ1v) is 37.6. The van der Waals surface area contributed by atoms with Crippen molar-refractivity contribution >= 4 is 35.4 Å². The monoisotopic (exact) mass is 1720 g/mol. The van der Waals surface area contributed by atoms with Crippen molar-refractivity contribution in [2.24, 2.45) is 0 Å². The van der Waals surface area contributed by atoms with E-state index in [1.54, 1.807) is 0 Å². The molecule has 1 unspecified atom stereocenters. The SMILES string of the molecule is CC(=O)N[C@@H]1[C@H](O[C@@H]2[C@@H](O[C@@H]3[C@H](O)[C@H](O[C@H]4[C@H](O)[C@@H](NC(C)=O)[C@H](O[C@H]5[C@H](O)[C@@H](NC(C)=O)C(O)O[C@@H]5CO)O[C@@H]4CO)O[C@H](CO[C@H]4O[C@H](CO[C@@H]5O[C@H](CO)[C@@H](O)[C@H](O)[C@H]5NC(C)=O)[C@@H](O)[C@H](O)[C@@H]4O[C@@H]4O[C@H](CO)[C@@H](O)[C@H](O)[C@H]4NC(C)=O)[C@H]3O)O[C@H](CO[C@@H]3O[C@H](CO)[C@@H](O)[C@H](O)[C@H]3NC(C)=O)[C@@H](O)[C@@H]2O)O[C@H](CO)[C@@H](O)[C@@H]1O. The minimum Gasteiger partial charge on any atom is -0.394 e. The van der Waals surface area contributed by atoms with Crippen LogP contribution in [0.15, 0.2) is 0 Å². The van der Waals surface area contributed by atoms with Crippen LogP contribution >= 0.6 is 0 Å². The molecule has 9 aliphatic heterocycles. The second-order valence-electron chi connectivity index (χ2n) is 29.7. The predicted molar refractivity (Wildman–Crippen MR) is 367 cm³/mol. The standard InChI is InChI=1S/C66H110N6O46/c1-16(79)67-31-48(96)53(26(11-77)105-58(31)101)114-63-36(72-21(6)84)49(97)54(27(12-78)110-63)115-64-52(100)55(116-66-57(118-62-35(71-20(5)83)47(95)40(88)25(10-76)109-62)51(99)42(90)29(113-66)14-103-60-33(69-18(3)81)45(93)38(86)23(8-74)107-60)43(91)30(111-64)15-104-65-56(117-61-34(70-19(4)82)46(94)39(87)24(9-75)108-61)50(98)41(89)28(112-65)13-102-59-32(68-17(2)80)44(92)37(85)22(7-73)106-59/h22-66,73-78,85-101H,7-15H2,1-6H3,(H,67,79)(H,68,80)(H,69,81)(H,70,82)(H,71,83)(H,72,84)/t22-,23-,24-,25-,26-,27-,28-,29-,30-,31-,32-,33-,34-,35+,36-,37-,38-,39-,40-,41-,42-,43-,44-,45-,46-,47-,48-,49-,50+,51+,52+,53-,54-,55+,56+,57+,58?,59-,60-,61+,62+,63+,64+,65+,66-/m1/s1. The molecule has 6 amide bonds. The summed E-state index contributed by atoms with van der Waals surface area (Å²) in [5.74, 6) is -5.22. The Kier molecular flexibility index (Phi) is 35.1. The van der Waals surface area contributed by atoms with Gasteiger partial charge in [-0.15, -0.1) is 0 Å². The highest BCUT2D eigenvalue weighted by Crippen LogP contribution is 2.39. The van der Waals surface area contributed by atoms with E-state index in [0.717, 1.165) is 41.5 Å². The van der Waals surface area contributed by atoms with Gasteiger partial charge in [-0.05, 0) is 0 Å². The highest BCUT2D eigenvalue weighted by molar-refractivity contribution is 5.75. The highest BCUT2D eigenvalue weighted by atomic mass is 16.8. The molecule has 45 atom stereocenters. The molecule has 0 spiro atoms. The Morgan fingerprint density at radius 3 is 0.822 bits per heavy atom. The lowest BCUT2D eigenvalue weighted by atomic mass is 9.93. The van der Waals surface area contributed by atoms with Gasteiger partial charge in [0, 0.05) is 41.5 Å². The van der Waals surface area contributed by atoms with Crippen molar-refractivity contribution in [3.05, 3.63) is 0 Å². The van der Waals surface area contributed by atoms with Crippen LogP contribution in [0.5, 0.6) is 0 Å². The van der Waals surface area contributed by atoms with Crippen molar-refractivity contribution in [2.75, 3.05) is 59.5 Å². The van der Waals surface area contributed by atoms with Crippen LogP contribution in [0.25, 0.3) is 0 Å². The molecular formula is C66H110N6O46. The van der Waals surface area contributed by atoms with E-state index in [9.17, 15) is 146 Å². The minimum atomic E-state index is -2.65. The van der Waals surface area contributed by atoms with Crippen molar-refractivity contribution in [3.8, 4) is 0 Å². The van der Waals surface area contributed by atoms with Crippen LogP contribution in [0.2, 0.25) is 0 Å². The lowest BCUT2D eigenvalue weighted by Gasteiger charge is -2.51. The van der Waals surface area contributed by atoms with E-state index in [2.05, 4.69) is 31.9 Å². The van der Waals surface area contributed by atoms with Gasteiger partial charge < -0.3 is 230 Å². The van der Waals surface area contributed by atoms with Gasteiger partial charge in [0.2, 0.25) is 35.4 Å². The fraction of sp³-hybridized carbons (Fsp3) is 0.909. The third kappa shape index (κ3) is 22.3. The second kappa shape index (κ2) is 42.7. The number of ether oxygens (including phenoxy) is 17. The van der Waals surface area contributed by atoms with Gasteiger partial charge in [-0.1, -0.05) is 0 Å². The van der Waals surface area contributed by atoms with E-state index in [0.29, 0.717) is 0 Å². The minimum absolute atomic E-state index is 0.801. The van der Waals surface area contributed by atoms with Crippen LogP contribution in [-0.4, -0.2) is 488 Å². The van der Waals surface area contributed by atoms with E-state index in [1.807, 2.05) is 0 Å². The van der Waals surface area contributed by atoms with Gasteiger partial charge in [0.05, 0.1) is 59.5 Å². The zero-order valence-corrected chi connectivity index (χ0v) is 64.0. The summed E-state index contributed by atoms with van der Waals surface area (Å²) in [4.78, 5) is 75.6. The smallest absolute Gasteiger partial charge is 0.217 e. The van der Waals surface area contributed by atoms with Crippen molar-refractivity contribution in [3.63, 3.8) is 0 Å². The summed E-state index contributed by atoms with van der Waals surface area (Å²) < 4.78 is 102. The number of hydrogen-bond acceptors (Lipinski definition) is 46. The molecule has 118 heavy (non-hydrogen) atoms. The molecule has 0 saturated carbocycles. The number of nitrogens with one attached hydrogen (secondary N) is 6. The Labute approximate surface area is 669 Å². The second-order valence-corrected chi connectivity index (χ2v) is 29.7. The van der Waals surface area contributed by atoms with Crippen LogP contribution in [0.3, 0.4) is 0 Å². The summed E-state index contributed by atoms with van der Waals surface area (Å²) in [6.45, 7) is -3.76. The van der Waals surface area contributed by atoms with Gasteiger partial charge >= 0.3 is 0 Å². The number of rotatable bonds is 31. The van der Waals surface area contributed by atoms with Crippen LogP contribution in [0.1, 0.15) is 41.5 Å².